The summed E-state index contributed by atoms with van der Waals surface area (Å²) in [7, 11) is 0. The molecule has 188 valence electrons. The number of pyridine rings is 1. The Morgan fingerprint density at radius 1 is 1.16 bits per heavy atom. The second kappa shape index (κ2) is 9.67. The van der Waals surface area contributed by atoms with Crippen LogP contribution in [0, 0.1) is 5.82 Å². The first-order valence-electron chi connectivity index (χ1n) is 11.5. The summed E-state index contributed by atoms with van der Waals surface area (Å²) in [5, 5.41) is 16.8. The Morgan fingerprint density at radius 3 is 2.59 bits per heavy atom. The number of rotatable bonds is 7. The van der Waals surface area contributed by atoms with Gasteiger partial charge in [0.1, 0.15) is 17.7 Å². The van der Waals surface area contributed by atoms with Crippen LogP contribution < -0.4 is 5.32 Å². The van der Waals surface area contributed by atoms with Crippen molar-refractivity contribution in [2.75, 3.05) is 5.32 Å². The van der Waals surface area contributed by atoms with Gasteiger partial charge in [0.15, 0.2) is 0 Å². The lowest BCUT2D eigenvalue weighted by atomic mass is 9.94. The monoisotopic (exact) mass is 520 g/mol. The summed E-state index contributed by atoms with van der Waals surface area (Å²) in [5.41, 5.74) is 1.33. The van der Waals surface area contributed by atoms with E-state index < -0.39 is 29.4 Å². The average Bonchev–Trinajstić information content (AvgIpc) is 3.58. The Kier molecular flexibility index (Phi) is 6.39. The number of nitrogens with one attached hydrogen (secondary N) is 1. The largest absolute Gasteiger partial charge is 0.481 e. The Bertz CT molecular complexity index is 1480. The number of aliphatic carboxylic acids is 1. The first kappa shape index (κ1) is 24.5. The van der Waals surface area contributed by atoms with E-state index in [1.165, 1.54) is 23.1 Å². The highest BCUT2D eigenvalue weighted by Gasteiger charge is 2.51. The molecule has 2 heterocycles. The third-order valence-corrected chi connectivity index (χ3v) is 6.79. The molecule has 1 aliphatic rings. The maximum Gasteiger partial charge on any atom is 0.413 e. The van der Waals surface area contributed by atoms with Gasteiger partial charge in [-0.2, -0.15) is 5.10 Å². The molecule has 0 spiro atoms. The van der Waals surface area contributed by atoms with Gasteiger partial charge in [0.2, 0.25) is 0 Å². The standard InChI is InChI=1S/C27H22ClFN4O4/c1-16(19-4-2-3-5-21(19)28)37-26(36)32-24-10-13-31-33(24)18-7-9-23(30-15-18)20-8-6-17(14-22(20)29)27(11-12-27)25(34)35/h2-10,13-16H,11-12H2,1H3,(H,32,36)(H,34,35). The summed E-state index contributed by atoms with van der Waals surface area (Å²) in [6, 6.07) is 16.5. The van der Waals surface area contributed by atoms with Crippen LogP contribution in [0.25, 0.3) is 16.9 Å². The number of ether oxygens (including phenoxy) is 1. The summed E-state index contributed by atoms with van der Waals surface area (Å²) >= 11 is 6.18. The molecule has 2 aromatic heterocycles. The lowest BCUT2D eigenvalue weighted by Gasteiger charge is -2.16. The van der Waals surface area contributed by atoms with Gasteiger partial charge >= 0.3 is 12.1 Å². The van der Waals surface area contributed by atoms with Gasteiger partial charge < -0.3 is 9.84 Å². The second-order valence-corrected chi connectivity index (χ2v) is 9.21. The van der Waals surface area contributed by atoms with Crippen LogP contribution in [0.1, 0.15) is 37.0 Å². The molecule has 37 heavy (non-hydrogen) atoms. The number of carbonyl (C=O) groups excluding carboxylic acids is 1. The number of carboxylic acid groups (broad SMARTS) is 1. The summed E-state index contributed by atoms with van der Waals surface area (Å²) < 4.78 is 21.8. The van der Waals surface area contributed by atoms with E-state index in [0.717, 1.165) is 0 Å². The molecule has 1 amide bonds. The highest BCUT2D eigenvalue weighted by atomic mass is 35.5. The Morgan fingerprint density at radius 2 is 1.95 bits per heavy atom. The Hall–Kier alpha value is -4.24. The van der Waals surface area contributed by atoms with Crippen molar-refractivity contribution in [1.82, 2.24) is 14.8 Å². The number of hydrogen-bond donors (Lipinski definition) is 2. The predicted molar refractivity (Wildman–Crippen MR) is 135 cm³/mol. The molecule has 4 aromatic rings. The minimum absolute atomic E-state index is 0.257. The molecular weight excluding hydrogens is 499 g/mol. The van der Waals surface area contributed by atoms with Gasteiger partial charge in [-0.25, -0.2) is 13.9 Å². The van der Waals surface area contributed by atoms with Crippen LogP contribution in [0.3, 0.4) is 0 Å². The highest BCUT2D eigenvalue weighted by molar-refractivity contribution is 6.31. The smallest absolute Gasteiger partial charge is 0.413 e. The fourth-order valence-electron chi connectivity index (χ4n) is 4.21. The van der Waals surface area contributed by atoms with E-state index >= 15 is 0 Å². The van der Waals surface area contributed by atoms with Crippen LogP contribution in [0.5, 0.6) is 0 Å². The van der Waals surface area contributed by atoms with E-state index in [0.29, 0.717) is 46.2 Å². The van der Waals surface area contributed by atoms with Gasteiger partial charge in [0, 0.05) is 22.2 Å². The maximum absolute atomic E-state index is 14.9. The van der Waals surface area contributed by atoms with Crippen LogP contribution >= 0.6 is 11.6 Å². The van der Waals surface area contributed by atoms with E-state index in [1.807, 2.05) is 6.07 Å². The average molecular weight is 521 g/mol. The topological polar surface area (TPSA) is 106 Å². The summed E-state index contributed by atoms with van der Waals surface area (Å²) in [6.45, 7) is 1.72. The van der Waals surface area contributed by atoms with Crippen molar-refractivity contribution in [3.05, 3.63) is 95.0 Å². The highest BCUT2D eigenvalue weighted by Crippen LogP contribution is 2.49. The van der Waals surface area contributed by atoms with Gasteiger partial charge in [-0.3, -0.25) is 15.1 Å². The molecule has 1 fully saturated rings. The summed E-state index contributed by atoms with van der Waals surface area (Å²) in [5.74, 6) is -1.13. The third kappa shape index (κ3) is 4.77. The van der Waals surface area contributed by atoms with E-state index in [2.05, 4.69) is 15.4 Å². The summed E-state index contributed by atoms with van der Waals surface area (Å²) in [6.07, 6.45) is 2.75. The zero-order valence-electron chi connectivity index (χ0n) is 19.7. The molecule has 0 radical (unpaired) electrons. The fourth-order valence-corrected chi connectivity index (χ4v) is 4.50. The van der Waals surface area contributed by atoms with Crippen LogP contribution in [-0.2, 0) is 14.9 Å². The van der Waals surface area contributed by atoms with Crippen molar-refractivity contribution in [3.8, 4) is 16.9 Å². The Balaban J connectivity index is 1.30. The number of carbonyl (C=O) groups is 2. The van der Waals surface area contributed by atoms with E-state index in [9.17, 15) is 19.1 Å². The van der Waals surface area contributed by atoms with Crippen molar-refractivity contribution in [1.29, 1.82) is 0 Å². The molecule has 0 bridgehead atoms. The molecule has 1 saturated carbocycles. The van der Waals surface area contributed by atoms with E-state index in [4.69, 9.17) is 16.3 Å². The van der Waals surface area contributed by atoms with Gasteiger partial charge in [0.05, 0.1) is 29.2 Å². The molecule has 1 aliphatic carbocycles. The molecular formula is C27H22ClFN4O4. The molecule has 5 rings (SSSR count). The number of aromatic nitrogens is 3. The van der Waals surface area contributed by atoms with Gasteiger partial charge in [-0.15, -0.1) is 0 Å². The number of carboxylic acids is 1. The predicted octanol–water partition coefficient (Wildman–Crippen LogP) is 6.15. The molecule has 1 atom stereocenters. The Labute approximate surface area is 216 Å². The lowest BCUT2D eigenvalue weighted by molar-refractivity contribution is -0.140. The lowest BCUT2D eigenvalue weighted by Crippen LogP contribution is -2.19. The zero-order valence-corrected chi connectivity index (χ0v) is 20.4. The van der Waals surface area contributed by atoms with Gasteiger partial charge in [0.25, 0.3) is 0 Å². The number of anilines is 1. The maximum atomic E-state index is 14.9. The van der Waals surface area contributed by atoms with Crippen molar-refractivity contribution in [2.24, 2.45) is 0 Å². The minimum atomic E-state index is -0.980. The SMILES string of the molecule is CC(OC(=O)Nc1ccnn1-c1ccc(-c2ccc(C3(C(=O)O)CC3)cc2F)nc1)c1ccccc1Cl. The normalized spacial score (nSPS) is 14.6. The number of halogens is 2. The molecule has 2 N–H and O–H groups in total. The first-order valence-corrected chi connectivity index (χ1v) is 11.9. The number of nitrogens with zero attached hydrogens (tertiary/aromatic N) is 3. The van der Waals surface area contributed by atoms with Crippen molar-refractivity contribution < 1.29 is 23.8 Å². The third-order valence-electron chi connectivity index (χ3n) is 6.45. The van der Waals surface area contributed by atoms with Crippen LogP contribution in [0.15, 0.2) is 73.1 Å². The van der Waals surface area contributed by atoms with Crippen LogP contribution in [0.2, 0.25) is 5.02 Å². The van der Waals surface area contributed by atoms with Crippen molar-refractivity contribution in [3.63, 3.8) is 0 Å². The first-order chi connectivity index (χ1) is 17.8. The van der Waals surface area contributed by atoms with Crippen molar-refractivity contribution >= 4 is 29.5 Å². The molecule has 1 unspecified atom stereocenters. The van der Waals surface area contributed by atoms with Crippen LogP contribution in [-0.4, -0.2) is 31.9 Å². The molecule has 8 nitrogen and oxygen atoms in total. The van der Waals surface area contributed by atoms with Crippen LogP contribution in [0.4, 0.5) is 15.0 Å². The quantitative estimate of drug-likeness (QED) is 0.302. The van der Waals surface area contributed by atoms with E-state index in [-0.39, 0.29) is 5.56 Å². The number of benzene rings is 2. The van der Waals surface area contributed by atoms with Gasteiger partial charge in [-0.05, 0) is 55.7 Å². The summed E-state index contributed by atoms with van der Waals surface area (Å²) in [4.78, 5) is 28.4. The molecule has 0 saturated heterocycles. The van der Waals surface area contributed by atoms with E-state index in [1.54, 1.807) is 55.5 Å². The molecule has 2 aromatic carbocycles. The number of hydrogen-bond acceptors (Lipinski definition) is 5. The fraction of sp³-hybridized carbons (Fsp3) is 0.185. The second-order valence-electron chi connectivity index (χ2n) is 8.81. The van der Waals surface area contributed by atoms with Crippen molar-refractivity contribution in [2.45, 2.75) is 31.3 Å². The molecule has 0 aliphatic heterocycles. The van der Waals surface area contributed by atoms with Gasteiger partial charge in [-0.1, -0.05) is 35.9 Å². The zero-order chi connectivity index (χ0) is 26.2. The molecule has 10 heteroatoms. The number of amides is 1. The minimum Gasteiger partial charge on any atom is -0.481 e.